The number of hydrogen-bond acceptors (Lipinski definition) is 4. The van der Waals surface area contributed by atoms with Gasteiger partial charge in [0.05, 0.1) is 13.2 Å². The zero-order valence-electron chi connectivity index (χ0n) is 7.99. The predicted molar refractivity (Wildman–Crippen MR) is 48.2 cm³/mol. The van der Waals surface area contributed by atoms with E-state index in [9.17, 15) is 4.79 Å². The van der Waals surface area contributed by atoms with Gasteiger partial charge in [-0.3, -0.25) is 4.79 Å². The summed E-state index contributed by atoms with van der Waals surface area (Å²) in [5.41, 5.74) is 5.53. The van der Waals surface area contributed by atoms with Crippen LogP contribution in [0, 0.1) is 0 Å². The van der Waals surface area contributed by atoms with E-state index < -0.39 is 6.04 Å². The predicted octanol–water partition coefficient (Wildman–Crippen LogP) is 0.446. The van der Waals surface area contributed by atoms with E-state index in [1.807, 2.05) is 6.92 Å². The largest absolute Gasteiger partial charge is 0.461 e. The number of hydrogen-bond donors (Lipinski definition) is 1. The third kappa shape index (κ3) is 3.32. The van der Waals surface area contributed by atoms with Crippen molar-refractivity contribution in [3.05, 3.63) is 0 Å². The summed E-state index contributed by atoms with van der Waals surface area (Å²) in [5.74, 6) is -0.283. The summed E-state index contributed by atoms with van der Waals surface area (Å²) in [6.07, 6.45) is 2.23. The Hall–Kier alpha value is -0.610. The lowest BCUT2D eigenvalue weighted by Crippen LogP contribution is -2.36. The van der Waals surface area contributed by atoms with Gasteiger partial charge < -0.3 is 15.2 Å². The fourth-order valence-electron chi connectivity index (χ4n) is 1.21. The molecular formula is C9H17NO3. The van der Waals surface area contributed by atoms with Crippen LogP contribution in [0.2, 0.25) is 0 Å². The number of carbonyl (C=O) groups excluding carboxylic acids is 1. The fraction of sp³-hybridized carbons (Fsp3) is 0.889. The van der Waals surface area contributed by atoms with Crippen molar-refractivity contribution in [2.24, 2.45) is 5.73 Å². The van der Waals surface area contributed by atoms with Crippen LogP contribution in [0.3, 0.4) is 0 Å². The van der Waals surface area contributed by atoms with E-state index in [0.717, 1.165) is 12.8 Å². The van der Waals surface area contributed by atoms with Crippen LogP contribution in [0.5, 0.6) is 0 Å². The lowest BCUT2D eigenvalue weighted by Gasteiger charge is -2.23. The first-order chi connectivity index (χ1) is 6.24. The normalized spacial score (nSPS) is 21.1. The third-order valence-electron chi connectivity index (χ3n) is 2.19. The molecule has 0 saturated carbocycles. The zero-order chi connectivity index (χ0) is 9.68. The Bertz CT molecular complexity index is 166. The highest BCUT2D eigenvalue weighted by Crippen LogP contribution is 2.11. The molecular weight excluding hydrogens is 170 g/mol. The minimum atomic E-state index is -0.470. The molecule has 0 aromatic heterocycles. The number of ether oxygens (including phenoxy) is 2. The summed E-state index contributed by atoms with van der Waals surface area (Å²) in [7, 11) is 0. The lowest BCUT2D eigenvalue weighted by molar-refractivity contribution is -0.154. The molecule has 1 saturated heterocycles. The van der Waals surface area contributed by atoms with Crippen molar-refractivity contribution in [2.45, 2.75) is 38.3 Å². The van der Waals surface area contributed by atoms with Crippen LogP contribution in [0.4, 0.5) is 0 Å². The highest BCUT2D eigenvalue weighted by Gasteiger charge is 2.20. The van der Waals surface area contributed by atoms with Crippen LogP contribution in [0.25, 0.3) is 0 Å². The SMILES string of the molecule is CCC(N)C(=O)OC1CCOCC1. The summed E-state index contributed by atoms with van der Waals surface area (Å²) >= 11 is 0. The molecule has 0 aliphatic carbocycles. The first-order valence-corrected chi connectivity index (χ1v) is 4.78. The summed E-state index contributed by atoms with van der Waals surface area (Å²) in [6, 6.07) is -0.470. The molecule has 0 radical (unpaired) electrons. The van der Waals surface area contributed by atoms with Crippen LogP contribution in [-0.4, -0.2) is 31.3 Å². The van der Waals surface area contributed by atoms with Crippen LogP contribution in [0.1, 0.15) is 26.2 Å². The Morgan fingerprint density at radius 1 is 1.62 bits per heavy atom. The van der Waals surface area contributed by atoms with E-state index in [-0.39, 0.29) is 12.1 Å². The van der Waals surface area contributed by atoms with Gasteiger partial charge in [-0.1, -0.05) is 6.92 Å². The molecule has 1 rings (SSSR count). The first kappa shape index (κ1) is 10.5. The average molecular weight is 187 g/mol. The van der Waals surface area contributed by atoms with E-state index in [1.54, 1.807) is 0 Å². The Balaban J connectivity index is 2.26. The second-order valence-corrected chi connectivity index (χ2v) is 3.26. The molecule has 13 heavy (non-hydrogen) atoms. The smallest absolute Gasteiger partial charge is 0.323 e. The highest BCUT2D eigenvalue weighted by atomic mass is 16.6. The van der Waals surface area contributed by atoms with Crippen LogP contribution >= 0.6 is 0 Å². The molecule has 1 atom stereocenters. The monoisotopic (exact) mass is 187 g/mol. The minimum Gasteiger partial charge on any atom is -0.461 e. The van der Waals surface area contributed by atoms with E-state index >= 15 is 0 Å². The molecule has 1 heterocycles. The molecule has 4 heteroatoms. The van der Waals surface area contributed by atoms with Gasteiger partial charge in [-0.15, -0.1) is 0 Å². The van der Waals surface area contributed by atoms with Gasteiger partial charge in [0.25, 0.3) is 0 Å². The molecule has 76 valence electrons. The quantitative estimate of drug-likeness (QED) is 0.651. The van der Waals surface area contributed by atoms with Crippen molar-refractivity contribution in [3.8, 4) is 0 Å². The summed E-state index contributed by atoms with van der Waals surface area (Å²) in [4.78, 5) is 11.3. The minimum absolute atomic E-state index is 0.0128. The Morgan fingerprint density at radius 2 is 2.23 bits per heavy atom. The average Bonchev–Trinajstić information content (AvgIpc) is 2.18. The zero-order valence-corrected chi connectivity index (χ0v) is 7.99. The van der Waals surface area contributed by atoms with E-state index in [4.69, 9.17) is 15.2 Å². The van der Waals surface area contributed by atoms with Gasteiger partial charge >= 0.3 is 5.97 Å². The standard InChI is InChI=1S/C9H17NO3/c1-2-8(10)9(11)13-7-3-5-12-6-4-7/h7-8H,2-6,10H2,1H3. The molecule has 0 amide bonds. The van der Waals surface area contributed by atoms with E-state index in [2.05, 4.69) is 0 Å². The van der Waals surface area contributed by atoms with Crippen molar-refractivity contribution in [3.63, 3.8) is 0 Å². The van der Waals surface area contributed by atoms with Crippen molar-refractivity contribution in [1.82, 2.24) is 0 Å². The van der Waals surface area contributed by atoms with Crippen molar-refractivity contribution < 1.29 is 14.3 Å². The maximum Gasteiger partial charge on any atom is 0.323 e. The molecule has 2 N–H and O–H groups in total. The number of nitrogens with two attached hydrogens (primary N) is 1. The van der Waals surface area contributed by atoms with E-state index in [0.29, 0.717) is 19.6 Å². The van der Waals surface area contributed by atoms with Crippen molar-refractivity contribution in [2.75, 3.05) is 13.2 Å². The Morgan fingerprint density at radius 3 is 2.77 bits per heavy atom. The maximum absolute atomic E-state index is 11.3. The van der Waals surface area contributed by atoms with Gasteiger partial charge in [0.2, 0.25) is 0 Å². The van der Waals surface area contributed by atoms with Crippen molar-refractivity contribution in [1.29, 1.82) is 0 Å². The third-order valence-corrected chi connectivity index (χ3v) is 2.19. The summed E-state index contributed by atoms with van der Waals surface area (Å²) < 4.78 is 10.3. The van der Waals surface area contributed by atoms with Gasteiger partial charge in [-0.05, 0) is 6.42 Å². The molecule has 1 aliphatic heterocycles. The molecule has 1 unspecified atom stereocenters. The Kier molecular flexibility index (Phi) is 4.18. The van der Waals surface area contributed by atoms with Gasteiger partial charge in [0.15, 0.2) is 0 Å². The number of esters is 1. The second-order valence-electron chi connectivity index (χ2n) is 3.26. The molecule has 1 fully saturated rings. The lowest BCUT2D eigenvalue weighted by atomic mass is 10.1. The molecule has 0 aromatic carbocycles. The topological polar surface area (TPSA) is 61.6 Å². The first-order valence-electron chi connectivity index (χ1n) is 4.78. The van der Waals surface area contributed by atoms with Crippen LogP contribution in [0.15, 0.2) is 0 Å². The van der Waals surface area contributed by atoms with Crippen LogP contribution < -0.4 is 5.73 Å². The molecule has 0 aromatic rings. The summed E-state index contributed by atoms with van der Waals surface area (Å²) in [6.45, 7) is 3.23. The van der Waals surface area contributed by atoms with Gasteiger partial charge in [0.1, 0.15) is 12.1 Å². The molecule has 0 bridgehead atoms. The Labute approximate surface area is 78.4 Å². The second kappa shape index (κ2) is 5.19. The van der Waals surface area contributed by atoms with Crippen molar-refractivity contribution >= 4 is 5.97 Å². The molecule has 0 spiro atoms. The van der Waals surface area contributed by atoms with E-state index in [1.165, 1.54) is 0 Å². The summed E-state index contributed by atoms with van der Waals surface area (Å²) in [5, 5.41) is 0. The maximum atomic E-state index is 11.3. The van der Waals surface area contributed by atoms with Crippen LogP contribution in [-0.2, 0) is 14.3 Å². The number of rotatable bonds is 3. The number of carbonyl (C=O) groups is 1. The molecule has 4 nitrogen and oxygen atoms in total. The fourth-order valence-corrected chi connectivity index (χ4v) is 1.21. The molecule has 1 aliphatic rings. The highest BCUT2D eigenvalue weighted by molar-refractivity contribution is 5.75. The van der Waals surface area contributed by atoms with Gasteiger partial charge in [0, 0.05) is 12.8 Å². The van der Waals surface area contributed by atoms with Gasteiger partial charge in [-0.2, -0.15) is 0 Å². The van der Waals surface area contributed by atoms with Gasteiger partial charge in [-0.25, -0.2) is 0 Å².